The second kappa shape index (κ2) is 5.79. The van der Waals surface area contributed by atoms with Crippen LogP contribution in [-0.2, 0) is 0 Å². The van der Waals surface area contributed by atoms with E-state index in [4.69, 9.17) is 0 Å². The maximum Gasteiger partial charge on any atom is 0.0414 e. The first kappa shape index (κ1) is 15.6. The first-order valence-corrected chi connectivity index (χ1v) is 10.7. The average Bonchev–Trinajstić information content (AvgIpc) is 3.25. The highest BCUT2D eigenvalue weighted by atomic mass is 79.9. The fourth-order valence-electron chi connectivity index (χ4n) is 4.52. The van der Waals surface area contributed by atoms with Gasteiger partial charge in [0.15, 0.2) is 0 Å². The minimum atomic E-state index is 0.293. The van der Waals surface area contributed by atoms with Gasteiger partial charge in [0.25, 0.3) is 0 Å². The number of benzene rings is 4. The third kappa shape index (κ3) is 2.14. The SMILES string of the molecule is Brc1cc2c(c3sc4ccccc4c13)[C@H](c1ccccc1)c1ccccc1-2. The van der Waals surface area contributed by atoms with E-state index in [1.807, 2.05) is 11.3 Å². The molecule has 0 N–H and O–H groups in total. The average molecular weight is 427 g/mol. The summed E-state index contributed by atoms with van der Waals surface area (Å²) < 4.78 is 3.95. The van der Waals surface area contributed by atoms with Crippen LogP contribution in [-0.4, -0.2) is 0 Å². The van der Waals surface area contributed by atoms with Gasteiger partial charge >= 0.3 is 0 Å². The van der Waals surface area contributed by atoms with Gasteiger partial charge in [-0.05, 0) is 39.9 Å². The highest BCUT2D eigenvalue weighted by Crippen LogP contribution is 2.54. The van der Waals surface area contributed by atoms with Gasteiger partial charge in [0, 0.05) is 30.6 Å². The first-order chi connectivity index (χ1) is 13.3. The molecule has 4 aromatic carbocycles. The van der Waals surface area contributed by atoms with Gasteiger partial charge in [0.2, 0.25) is 0 Å². The molecule has 0 unspecified atom stereocenters. The Morgan fingerprint density at radius 3 is 2.37 bits per heavy atom. The normalized spacial score (nSPS) is 15.2. The predicted molar refractivity (Wildman–Crippen MR) is 120 cm³/mol. The summed E-state index contributed by atoms with van der Waals surface area (Å²) >= 11 is 5.81. The van der Waals surface area contributed by atoms with Crippen molar-refractivity contribution in [3.8, 4) is 11.1 Å². The molecule has 1 aliphatic rings. The number of hydrogen-bond acceptors (Lipinski definition) is 1. The van der Waals surface area contributed by atoms with Crippen LogP contribution in [0.15, 0.2) is 89.4 Å². The van der Waals surface area contributed by atoms with Crippen LogP contribution in [0.5, 0.6) is 0 Å². The smallest absolute Gasteiger partial charge is 0.0414 e. The lowest BCUT2D eigenvalue weighted by Gasteiger charge is -2.15. The van der Waals surface area contributed by atoms with E-state index in [-0.39, 0.29) is 0 Å². The lowest BCUT2D eigenvalue weighted by molar-refractivity contribution is 1.03. The van der Waals surface area contributed by atoms with Gasteiger partial charge in [-0.25, -0.2) is 0 Å². The van der Waals surface area contributed by atoms with Crippen molar-refractivity contribution >= 4 is 47.4 Å². The Hall–Kier alpha value is -2.42. The summed E-state index contributed by atoms with van der Waals surface area (Å²) in [5.41, 5.74) is 6.97. The Kier molecular flexibility index (Phi) is 3.35. The molecule has 0 amide bonds. The first-order valence-electron chi connectivity index (χ1n) is 9.11. The van der Waals surface area contributed by atoms with Crippen molar-refractivity contribution in [1.82, 2.24) is 0 Å². The zero-order valence-corrected chi connectivity index (χ0v) is 16.8. The molecule has 6 rings (SSSR count). The molecule has 1 aliphatic carbocycles. The Morgan fingerprint density at radius 2 is 1.48 bits per heavy atom. The van der Waals surface area contributed by atoms with Crippen LogP contribution in [0.25, 0.3) is 31.3 Å². The molecule has 0 saturated carbocycles. The van der Waals surface area contributed by atoms with Crippen LogP contribution >= 0.6 is 27.3 Å². The van der Waals surface area contributed by atoms with Crippen LogP contribution in [0.4, 0.5) is 0 Å². The second-order valence-electron chi connectivity index (χ2n) is 7.05. The van der Waals surface area contributed by atoms with Crippen molar-refractivity contribution in [3.05, 3.63) is 106 Å². The van der Waals surface area contributed by atoms with Crippen molar-refractivity contribution in [2.24, 2.45) is 0 Å². The van der Waals surface area contributed by atoms with Crippen molar-refractivity contribution in [2.75, 3.05) is 0 Å². The summed E-state index contributed by atoms with van der Waals surface area (Å²) in [5.74, 6) is 0.293. The second-order valence-corrected chi connectivity index (χ2v) is 8.96. The van der Waals surface area contributed by atoms with E-state index in [1.165, 1.54) is 52.5 Å². The van der Waals surface area contributed by atoms with Crippen LogP contribution in [0, 0.1) is 0 Å². The number of hydrogen-bond donors (Lipinski definition) is 0. The Balaban J connectivity index is 1.80. The summed E-state index contributed by atoms with van der Waals surface area (Å²) in [5, 5.41) is 2.69. The van der Waals surface area contributed by atoms with Gasteiger partial charge < -0.3 is 0 Å². The van der Waals surface area contributed by atoms with Crippen LogP contribution in [0.1, 0.15) is 22.6 Å². The topological polar surface area (TPSA) is 0 Å². The van der Waals surface area contributed by atoms with Crippen molar-refractivity contribution in [1.29, 1.82) is 0 Å². The molecule has 0 fully saturated rings. The molecular weight excluding hydrogens is 412 g/mol. The summed E-state index contributed by atoms with van der Waals surface area (Å²) in [7, 11) is 0. The maximum atomic E-state index is 3.89. The quantitative estimate of drug-likeness (QED) is 0.250. The molecule has 5 aromatic rings. The van der Waals surface area contributed by atoms with Gasteiger partial charge in [0.05, 0.1) is 0 Å². The molecule has 0 saturated heterocycles. The monoisotopic (exact) mass is 426 g/mol. The molecule has 1 heterocycles. The number of halogens is 1. The van der Waals surface area contributed by atoms with Gasteiger partial charge in [-0.2, -0.15) is 0 Å². The summed E-state index contributed by atoms with van der Waals surface area (Å²) in [4.78, 5) is 0. The van der Waals surface area contributed by atoms with Gasteiger partial charge in [0.1, 0.15) is 0 Å². The molecule has 0 spiro atoms. The maximum absolute atomic E-state index is 3.89. The van der Waals surface area contributed by atoms with E-state index in [1.54, 1.807) is 0 Å². The number of thiophene rings is 1. The van der Waals surface area contributed by atoms with Gasteiger partial charge in [-0.1, -0.05) is 88.7 Å². The van der Waals surface area contributed by atoms with Crippen LogP contribution in [0.2, 0.25) is 0 Å². The zero-order valence-electron chi connectivity index (χ0n) is 14.4. The van der Waals surface area contributed by atoms with Crippen molar-refractivity contribution in [2.45, 2.75) is 5.92 Å². The van der Waals surface area contributed by atoms with Gasteiger partial charge in [-0.15, -0.1) is 11.3 Å². The van der Waals surface area contributed by atoms with E-state index in [0.717, 1.165) is 0 Å². The third-order valence-corrected chi connectivity index (χ3v) is 7.45. The standard InChI is InChI=1S/C25H15BrS/c26-20-14-19-16-10-4-5-11-17(16)22(15-8-2-1-3-9-15)24(19)25-23(20)18-12-6-7-13-21(18)27-25/h1-14,22H/t22-/m1/s1. The lowest BCUT2D eigenvalue weighted by atomic mass is 9.89. The fourth-order valence-corrected chi connectivity index (χ4v) is 6.60. The summed E-state index contributed by atoms with van der Waals surface area (Å²) in [6.45, 7) is 0. The Morgan fingerprint density at radius 1 is 0.741 bits per heavy atom. The zero-order chi connectivity index (χ0) is 18.0. The van der Waals surface area contributed by atoms with E-state index in [2.05, 4.69) is 101 Å². The van der Waals surface area contributed by atoms with E-state index < -0.39 is 0 Å². The molecule has 0 radical (unpaired) electrons. The summed E-state index contributed by atoms with van der Waals surface area (Å²) in [6.07, 6.45) is 0. The number of rotatable bonds is 1. The lowest BCUT2D eigenvalue weighted by Crippen LogP contribution is -1.99. The highest BCUT2D eigenvalue weighted by Gasteiger charge is 2.33. The van der Waals surface area contributed by atoms with Gasteiger partial charge in [-0.3, -0.25) is 0 Å². The predicted octanol–water partition coefficient (Wildman–Crippen LogP) is 7.98. The minimum Gasteiger partial charge on any atom is -0.135 e. The molecule has 0 bridgehead atoms. The third-order valence-electron chi connectivity index (χ3n) is 5.62. The minimum absolute atomic E-state index is 0.293. The summed E-state index contributed by atoms with van der Waals surface area (Å²) in [6, 6.07) is 30.9. The Labute approximate surface area is 170 Å². The molecule has 2 heteroatoms. The van der Waals surface area contributed by atoms with Crippen molar-refractivity contribution in [3.63, 3.8) is 0 Å². The molecular formula is C25H15BrS. The highest BCUT2D eigenvalue weighted by molar-refractivity contribution is 9.10. The van der Waals surface area contributed by atoms with E-state index >= 15 is 0 Å². The van der Waals surface area contributed by atoms with Crippen LogP contribution < -0.4 is 0 Å². The fraction of sp³-hybridized carbons (Fsp3) is 0.0400. The van der Waals surface area contributed by atoms with E-state index in [9.17, 15) is 0 Å². The molecule has 128 valence electrons. The molecule has 0 nitrogen and oxygen atoms in total. The Bertz CT molecular complexity index is 1330. The molecule has 1 aromatic heterocycles. The van der Waals surface area contributed by atoms with E-state index in [0.29, 0.717) is 5.92 Å². The molecule has 0 aliphatic heterocycles. The molecule has 1 atom stereocenters. The molecule has 27 heavy (non-hydrogen) atoms. The van der Waals surface area contributed by atoms with Crippen molar-refractivity contribution < 1.29 is 0 Å². The largest absolute Gasteiger partial charge is 0.135 e. The van der Waals surface area contributed by atoms with Crippen LogP contribution in [0.3, 0.4) is 0 Å². The number of fused-ring (bicyclic) bond motifs is 7.